The second-order valence-electron chi connectivity index (χ2n) is 6.54. The van der Waals surface area contributed by atoms with Crippen LogP contribution in [0.15, 0.2) is 54.6 Å². The first-order chi connectivity index (χ1) is 12.8. The Morgan fingerprint density at radius 1 is 1.22 bits per heavy atom. The van der Waals surface area contributed by atoms with Crippen LogP contribution in [-0.4, -0.2) is 36.8 Å². The SMILES string of the molecule is O=C(/C=C/c1ccc(Cl)cc1)N(Cc1cccc(F)c1)C1CCS(=O)(=O)C1. The van der Waals surface area contributed by atoms with Crippen LogP contribution < -0.4 is 0 Å². The van der Waals surface area contributed by atoms with Crippen LogP contribution in [0.3, 0.4) is 0 Å². The second kappa shape index (κ2) is 8.23. The van der Waals surface area contributed by atoms with Crippen molar-refractivity contribution in [1.82, 2.24) is 4.90 Å². The third-order valence-electron chi connectivity index (χ3n) is 4.46. The molecule has 1 saturated heterocycles. The summed E-state index contributed by atoms with van der Waals surface area (Å²) in [6.45, 7) is 0.155. The zero-order valence-corrected chi connectivity index (χ0v) is 16.1. The molecule has 142 valence electrons. The number of halogens is 2. The highest BCUT2D eigenvalue weighted by molar-refractivity contribution is 7.91. The van der Waals surface area contributed by atoms with Gasteiger partial charge in [-0.3, -0.25) is 4.79 Å². The molecule has 1 unspecified atom stereocenters. The lowest BCUT2D eigenvalue weighted by Gasteiger charge is -2.27. The molecule has 0 saturated carbocycles. The molecule has 1 heterocycles. The predicted molar refractivity (Wildman–Crippen MR) is 104 cm³/mol. The van der Waals surface area contributed by atoms with Gasteiger partial charge in [-0.2, -0.15) is 0 Å². The molecule has 3 rings (SSSR count). The molecule has 0 spiro atoms. The first-order valence-electron chi connectivity index (χ1n) is 8.51. The van der Waals surface area contributed by atoms with E-state index in [0.29, 0.717) is 17.0 Å². The normalized spacial score (nSPS) is 18.7. The Balaban J connectivity index is 1.81. The van der Waals surface area contributed by atoms with E-state index in [1.165, 1.54) is 23.1 Å². The van der Waals surface area contributed by atoms with Gasteiger partial charge in [0.1, 0.15) is 5.82 Å². The van der Waals surface area contributed by atoms with Crippen LogP contribution in [-0.2, 0) is 21.2 Å². The first kappa shape index (κ1) is 19.6. The van der Waals surface area contributed by atoms with E-state index < -0.39 is 21.7 Å². The summed E-state index contributed by atoms with van der Waals surface area (Å²) in [4.78, 5) is 14.3. The van der Waals surface area contributed by atoms with Gasteiger partial charge >= 0.3 is 0 Å². The number of hydrogen-bond acceptors (Lipinski definition) is 3. The third kappa shape index (κ3) is 5.40. The lowest BCUT2D eigenvalue weighted by molar-refractivity contribution is -0.128. The van der Waals surface area contributed by atoms with Crippen LogP contribution in [0.1, 0.15) is 17.5 Å². The molecular weight excluding hydrogens is 389 g/mol. The molecule has 7 heteroatoms. The summed E-state index contributed by atoms with van der Waals surface area (Å²) < 4.78 is 37.2. The maximum Gasteiger partial charge on any atom is 0.247 e. The van der Waals surface area contributed by atoms with Crippen LogP contribution in [0.4, 0.5) is 4.39 Å². The van der Waals surface area contributed by atoms with Crippen molar-refractivity contribution in [3.05, 3.63) is 76.6 Å². The molecule has 0 aliphatic carbocycles. The van der Waals surface area contributed by atoms with Gasteiger partial charge in [0.2, 0.25) is 5.91 Å². The summed E-state index contributed by atoms with van der Waals surface area (Å²) in [5, 5.41) is 0.599. The van der Waals surface area contributed by atoms with E-state index in [0.717, 1.165) is 5.56 Å². The Kier molecular flexibility index (Phi) is 5.97. The maximum absolute atomic E-state index is 13.5. The molecule has 0 N–H and O–H groups in total. The fourth-order valence-electron chi connectivity index (χ4n) is 3.08. The number of nitrogens with zero attached hydrogens (tertiary/aromatic N) is 1. The van der Waals surface area contributed by atoms with Crippen molar-refractivity contribution < 1.29 is 17.6 Å². The summed E-state index contributed by atoms with van der Waals surface area (Å²) >= 11 is 5.85. The van der Waals surface area contributed by atoms with Gasteiger partial charge in [-0.15, -0.1) is 0 Å². The second-order valence-corrected chi connectivity index (χ2v) is 9.20. The van der Waals surface area contributed by atoms with Crippen LogP contribution in [0.2, 0.25) is 5.02 Å². The third-order valence-corrected chi connectivity index (χ3v) is 6.46. The highest BCUT2D eigenvalue weighted by Gasteiger charge is 2.34. The molecule has 0 radical (unpaired) electrons. The van der Waals surface area contributed by atoms with Gasteiger partial charge in [0, 0.05) is 23.7 Å². The number of hydrogen-bond donors (Lipinski definition) is 0. The van der Waals surface area contributed by atoms with Gasteiger partial charge in [-0.1, -0.05) is 35.9 Å². The molecule has 1 amide bonds. The van der Waals surface area contributed by atoms with Crippen molar-refractivity contribution >= 4 is 33.4 Å². The summed E-state index contributed by atoms with van der Waals surface area (Å²) in [5.74, 6) is -0.708. The molecular formula is C20H19ClFNO3S. The topological polar surface area (TPSA) is 54.5 Å². The van der Waals surface area contributed by atoms with Crippen molar-refractivity contribution in [3.63, 3.8) is 0 Å². The largest absolute Gasteiger partial charge is 0.331 e. The van der Waals surface area contributed by atoms with Crippen LogP contribution in [0.5, 0.6) is 0 Å². The molecule has 2 aromatic rings. The number of sulfone groups is 1. The maximum atomic E-state index is 13.5. The van der Waals surface area contributed by atoms with Crippen LogP contribution in [0, 0.1) is 5.82 Å². The van der Waals surface area contributed by atoms with Gasteiger partial charge in [0.15, 0.2) is 9.84 Å². The average Bonchev–Trinajstić information content (AvgIpc) is 2.98. The first-order valence-corrected chi connectivity index (χ1v) is 10.7. The van der Waals surface area contributed by atoms with Gasteiger partial charge in [0.05, 0.1) is 11.5 Å². The summed E-state index contributed by atoms with van der Waals surface area (Å²) in [7, 11) is -3.15. The highest BCUT2D eigenvalue weighted by Crippen LogP contribution is 2.21. The number of benzene rings is 2. The monoisotopic (exact) mass is 407 g/mol. The Hall–Kier alpha value is -2.18. The zero-order chi connectivity index (χ0) is 19.4. The summed E-state index contributed by atoms with van der Waals surface area (Å²) in [6.07, 6.45) is 3.45. The van der Waals surface area contributed by atoms with E-state index in [4.69, 9.17) is 11.6 Å². The van der Waals surface area contributed by atoms with E-state index in [2.05, 4.69) is 0 Å². The number of rotatable bonds is 5. The zero-order valence-electron chi connectivity index (χ0n) is 14.5. The molecule has 2 aromatic carbocycles. The van der Waals surface area contributed by atoms with Gasteiger partial charge in [-0.25, -0.2) is 12.8 Å². The number of carbonyl (C=O) groups is 1. The van der Waals surface area contributed by atoms with Crippen LogP contribution in [0.25, 0.3) is 6.08 Å². The van der Waals surface area contributed by atoms with Crippen LogP contribution >= 0.6 is 11.6 Å². The van der Waals surface area contributed by atoms with Crippen molar-refractivity contribution in [2.24, 2.45) is 0 Å². The quantitative estimate of drug-likeness (QED) is 0.710. The smallest absolute Gasteiger partial charge is 0.247 e. The molecule has 1 aliphatic heterocycles. The van der Waals surface area contributed by atoms with Crippen molar-refractivity contribution in [1.29, 1.82) is 0 Å². The molecule has 4 nitrogen and oxygen atoms in total. The number of carbonyl (C=O) groups excluding carboxylic acids is 1. The Morgan fingerprint density at radius 3 is 2.59 bits per heavy atom. The molecule has 0 bridgehead atoms. The predicted octanol–water partition coefficient (Wildman–Crippen LogP) is 3.71. The fourth-order valence-corrected chi connectivity index (χ4v) is 4.93. The van der Waals surface area contributed by atoms with E-state index in [1.807, 2.05) is 0 Å². The molecule has 27 heavy (non-hydrogen) atoms. The Labute approximate surface area is 163 Å². The summed E-state index contributed by atoms with van der Waals surface area (Å²) in [5.41, 5.74) is 1.42. The molecule has 0 aromatic heterocycles. The molecule has 1 aliphatic rings. The van der Waals surface area contributed by atoms with E-state index in [1.54, 1.807) is 42.5 Å². The minimum atomic E-state index is -3.15. The summed E-state index contributed by atoms with van der Waals surface area (Å²) in [6, 6.07) is 12.6. The molecule has 1 atom stereocenters. The minimum absolute atomic E-state index is 0.0610. The van der Waals surface area contributed by atoms with Gasteiger partial charge in [-0.05, 0) is 47.9 Å². The fraction of sp³-hybridized carbons (Fsp3) is 0.250. The Bertz CT molecular complexity index is 957. The lowest BCUT2D eigenvalue weighted by atomic mass is 10.1. The van der Waals surface area contributed by atoms with Crippen molar-refractivity contribution in [2.75, 3.05) is 11.5 Å². The average molecular weight is 408 g/mol. The van der Waals surface area contributed by atoms with E-state index in [-0.39, 0.29) is 24.0 Å². The van der Waals surface area contributed by atoms with Gasteiger partial charge in [0.25, 0.3) is 0 Å². The van der Waals surface area contributed by atoms with E-state index in [9.17, 15) is 17.6 Å². The van der Waals surface area contributed by atoms with E-state index >= 15 is 0 Å². The number of amides is 1. The van der Waals surface area contributed by atoms with Crippen molar-refractivity contribution in [3.8, 4) is 0 Å². The van der Waals surface area contributed by atoms with Crippen molar-refractivity contribution in [2.45, 2.75) is 19.0 Å². The minimum Gasteiger partial charge on any atom is -0.331 e. The lowest BCUT2D eigenvalue weighted by Crippen LogP contribution is -2.39. The Morgan fingerprint density at radius 2 is 1.96 bits per heavy atom. The standard InChI is InChI=1S/C20H19ClFNO3S/c21-17-7-4-15(5-8-17)6-9-20(24)23(19-10-11-27(25,26)14-19)13-16-2-1-3-18(22)12-16/h1-9,12,19H,10-11,13-14H2/b9-6+. The molecule has 1 fully saturated rings. The highest BCUT2D eigenvalue weighted by atomic mass is 35.5. The van der Waals surface area contributed by atoms with Gasteiger partial charge < -0.3 is 4.90 Å².